The molecule has 0 unspecified atom stereocenters. The van der Waals surface area contributed by atoms with Gasteiger partial charge in [0.05, 0.1) is 6.20 Å². The fourth-order valence-corrected chi connectivity index (χ4v) is 3.16. The molecule has 3 heterocycles. The van der Waals surface area contributed by atoms with Crippen LogP contribution in [0.4, 0.5) is 10.6 Å². The maximum absolute atomic E-state index is 10.9. The van der Waals surface area contributed by atoms with E-state index in [1.165, 1.54) is 4.90 Å². The Labute approximate surface area is 137 Å². The van der Waals surface area contributed by atoms with E-state index in [1.54, 1.807) is 6.20 Å². The Morgan fingerprint density at radius 1 is 1.27 bits per heavy atom. The molecule has 0 spiro atoms. The molecule has 0 radical (unpaired) electrons. The number of ether oxygens (including phenoxy) is 1. The number of hydrogen-bond donors (Lipinski definition) is 1. The molecule has 0 aromatic carbocycles. The third-order valence-corrected chi connectivity index (χ3v) is 4.47. The van der Waals surface area contributed by atoms with Gasteiger partial charge in [-0.25, -0.2) is 14.8 Å². The standard InChI is InChI=1S/C14H19BrN4O3/c15-11-9-16-12(18-5-1-2-6-18)13(17-11)22-10-3-7-19(8-4-10)14(20)21/h9-10H,1-8H2,(H,20,21). The number of likely N-dealkylation sites (tertiary alicyclic amines) is 1. The highest BCUT2D eigenvalue weighted by Gasteiger charge is 2.26. The minimum atomic E-state index is -0.863. The molecule has 2 aliphatic rings. The van der Waals surface area contributed by atoms with Crippen molar-refractivity contribution in [3.05, 3.63) is 10.8 Å². The number of aromatic nitrogens is 2. The fourth-order valence-electron chi connectivity index (χ4n) is 2.89. The van der Waals surface area contributed by atoms with Gasteiger partial charge in [-0.1, -0.05) is 0 Å². The molecule has 22 heavy (non-hydrogen) atoms. The van der Waals surface area contributed by atoms with Gasteiger partial charge in [-0.2, -0.15) is 0 Å². The summed E-state index contributed by atoms with van der Waals surface area (Å²) in [6, 6.07) is 0. The average Bonchev–Trinajstić information content (AvgIpc) is 3.02. The quantitative estimate of drug-likeness (QED) is 0.879. The van der Waals surface area contributed by atoms with E-state index in [2.05, 4.69) is 30.8 Å². The summed E-state index contributed by atoms with van der Waals surface area (Å²) in [6.07, 6.45) is 4.49. The Morgan fingerprint density at radius 3 is 2.59 bits per heavy atom. The summed E-state index contributed by atoms with van der Waals surface area (Å²) in [5.74, 6) is 1.34. The first kappa shape index (κ1) is 15.3. The minimum absolute atomic E-state index is 0.0134. The number of rotatable bonds is 3. The Kier molecular flexibility index (Phi) is 4.66. The third-order valence-electron chi connectivity index (χ3n) is 4.09. The van der Waals surface area contributed by atoms with Crippen LogP contribution in [0, 0.1) is 0 Å². The molecule has 7 nitrogen and oxygen atoms in total. The number of carbonyl (C=O) groups is 1. The Bertz CT molecular complexity index is 543. The molecule has 1 aromatic rings. The summed E-state index contributed by atoms with van der Waals surface area (Å²) in [4.78, 5) is 23.4. The molecule has 0 aliphatic carbocycles. The summed E-state index contributed by atoms with van der Waals surface area (Å²) in [5.41, 5.74) is 0. The van der Waals surface area contributed by atoms with Crippen LogP contribution in [0.15, 0.2) is 10.8 Å². The average molecular weight is 371 g/mol. The zero-order chi connectivity index (χ0) is 15.5. The highest BCUT2D eigenvalue weighted by Crippen LogP contribution is 2.30. The van der Waals surface area contributed by atoms with E-state index in [4.69, 9.17) is 9.84 Å². The lowest BCUT2D eigenvalue weighted by molar-refractivity contribution is 0.0870. The van der Waals surface area contributed by atoms with Crippen molar-refractivity contribution in [2.45, 2.75) is 31.8 Å². The minimum Gasteiger partial charge on any atom is -0.472 e. The Morgan fingerprint density at radius 2 is 1.95 bits per heavy atom. The van der Waals surface area contributed by atoms with E-state index < -0.39 is 6.09 Å². The molecule has 120 valence electrons. The van der Waals surface area contributed by atoms with Crippen LogP contribution in [0.25, 0.3) is 0 Å². The highest BCUT2D eigenvalue weighted by molar-refractivity contribution is 9.10. The zero-order valence-electron chi connectivity index (χ0n) is 12.2. The zero-order valence-corrected chi connectivity index (χ0v) is 13.8. The Hall–Kier alpha value is -1.57. The van der Waals surface area contributed by atoms with Crippen LogP contribution in [-0.4, -0.2) is 58.4 Å². The van der Waals surface area contributed by atoms with Gasteiger partial charge in [0.2, 0.25) is 0 Å². The monoisotopic (exact) mass is 370 g/mol. The number of hydrogen-bond acceptors (Lipinski definition) is 5. The van der Waals surface area contributed by atoms with Crippen LogP contribution in [0.2, 0.25) is 0 Å². The van der Waals surface area contributed by atoms with Crippen molar-refractivity contribution in [1.82, 2.24) is 14.9 Å². The van der Waals surface area contributed by atoms with Crippen molar-refractivity contribution < 1.29 is 14.6 Å². The van der Waals surface area contributed by atoms with Crippen molar-refractivity contribution in [3.63, 3.8) is 0 Å². The highest BCUT2D eigenvalue weighted by atomic mass is 79.9. The van der Waals surface area contributed by atoms with E-state index in [-0.39, 0.29) is 6.10 Å². The number of anilines is 1. The second kappa shape index (κ2) is 6.68. The molecular weight excluding hydrogens is 352 g/mol. The SMILES string of the molecule is O=C(O)N1CCC(Oc2nc(Br)cnc2N2CCCC2)CC1. The molecule has 8 heteroatoms. The van der Waals surface area contributed by atoms with Gasteiger partial charge < -0.3 is 19.6 Å². The summed E-state index contributed by atoms with van der Waals surface area (Å²) in [7, 11) is 0. The maximum atomic E-state index is 10.9. The summed E-state index contributed by atoms with van der Waals surface area (Å²) in [6.45, 7) is 2.95. The molecule has 0 bridgehead atoms. The van der Waals surface area contributed by atoms with Gasteiger partial charge in [0.1, 0.15) is 10.7 Å². The van der Waals surface area contributed by atoms with Gasteiger partial charge in [-0.05, 0) is 28.8 Å². The van der Waals surface area contributed by atoms with Crippen molar-refractivity contribution in [2.24, 2.45) is 0 Å². The molecule has 0 saturated carbocycles. The van der Waals surface area contributed by atoms with Crippen LogP contribution in [0.1, 0.15) is 25.7 Å². The molecule has 3 rings (SSSR count). The van der Waals surface area contributed by atoms with Gasteiger partial charge >= 0.3 is 6.09 Å². The molecule has 2 fully saturated rings. The van der Waals surface area contributed by atoms with E-state index in [1.807, 2.05) is 0 Å². The maximum Gasteiger partial charge on any atom is 0.407 e. The van der Waals surface area contributed by atoms with Gasteiger partial charge in [0.25, 0.3) is 5.88 Å². The first-order valence-corrected chi connectivity index (χ1v) is 8.35. The number of carboxylic acid groups (broad SMARTS) is 1. The lowest BCUT2D eigenvalue weighted by Gasteiger charge is -2.30. The van der Waals surface area contributed by atoms with Crippen LogP contribution in [0.3, 0.4) is 0 Å². The lowest BCUT2D eigenvalue weighted by Crippen LogP contribution is -2.41. The summed E-state index contributed by atoms with van der Waals surface area (Å²) < 4.78 is 6.69. The predicted octanol–water partition coefficient (Wildman–Crippen LogP) is 2.36. The van der Waals surface area contributed by atoms with E-state index >= 15 is 0 Å². The van der Waals surface area contributed by atoms with Crippen molar-refractivity contribution in [2.75, 3.05) is 31.1 Å². The van der Waals surface area contributed by atoms with E-state index in [9.17, 15) is 4.79 Å². The van der Waals surface area contributed by atoms with Crippen molar-refractivity contribution >= 4 is 27.8 Å². The second-order valence-corrected chi connectivity index (χ2v) is 6.41. The largest absolute Gasteiger partial charge is 0.472 e. The second-order valence-electron chi connectivity index (χ2n) is 5.60. The van der Waals surface area contributed by atoms with Gasteiger partial charge in [-0.3, -0.25) is 0 Å². The third kappa shape index (κ3) is 3.43. The number of amides is 1. The normalized spacial score (nSPS) is 19.5. The Balaban J connectivity index is 1.69. The predicted molar refractivity (Wildman–Crippen MR) is 84.4 cm³/mol. The number of piperidine rings is 1. The van der Waals surface area contributed by atoms with E-state index in [0.29, 0.717) is 36.4 Å². The lowest BCUT2D eigenvalue weighted by atomic mass is 10.1. The summed E-state index contributed by atoms with van der Waals surface area (Å²) in [5, 5.41) is 8.99. The molecule has 0 atom stereocenters. The topological polar surface area (TPSA) is 78.8 Å². The van der Waals surface area contributed by atoms with Crippen LogP contribution in [-0.2, 0) is 0 Å². The van der Waals surface area contributed by atoms with Crippen molar-refractivity contribution in [3.8, 4) is 5.88 Å². The molecule has 2 aliphatic heterocycles. The summed E-state index contributed by atoms with van der Waals surface area (Å²) >= 11 is 3.34. The first-order valence-electron chi connectivity index (χ1n) is 7.55. The molecule has 1 N–H and O–H groups in total. The van der Waals surface area contributed by atoms with Gasteiger partial charge in [-0.15, -0.1) is 0 Å². The number of halogens is 1. The van der Waals surface area contributed by atoms with Crippen LogP contribution >= 0.6 is 15.9 Å². The van der Waals surface area contributed by atoms with Gasteiger partial charge in [0, 0.05) is 39.0 Å². The molecule has 1 aromatic heterocycles. The molecular formula is C14H19BrN4O3. The molecule has 2 saturated heterocycles. The number of nitrogens with zero attached hydrogens (tertiary/aromatic N) is 4. The molecule has 1 amide bonds. The fraction of sp³-hybridized carbons (Fsp3) is 0.643. The van der Waals surface area contributed by atoms with Gasteiger partial charge in [0.15, 0.2) is 5.82 Å². The first-order chi connectivity index (χ1) is 10.6. The van der Waals surface area contributed by atoms with Crippen LogP contribution in [0.5, 0.6) is 5.88 Å². The van der Waals surface area contributed by atoms with Crippen molar-refractivity contribution in [1.29, 1.82) is 0 Å². The van der Waals surface area contributed by atoms with E-state index in [0.717, 1.165) is 31.7 Å². The van der Waals surface area contributed by atoms with Crippen LogP contribution < -0.4 is 9.64 Å². The smallest absolute Gasteiger partial charge is 0.407 e.